The van der Waals surface area contributed by atoms with Gasteiger partial charge in [-0.25, -0.2) is 0 Å². The van der Waals surface area contributed by atoms with Crippen LogP contribution in [-0.2, 0) is 9.59 Å². The van der Waals surface area contributed by atoms with Crippen LogP contribution in [0.15, 0.2) is 54.6 Å². The minimum atomic E-state index is -0.348. The van der Waals surface area contributed by atoms with Crippen LogP contribution in [0.4, 0.5) is 0 Å². The van der Waals surface area contributed by atoms with Crippen molar-refractivity contribution in [2.45, 2.75) is 57.5 Å². The monoisotopic (exact) mass is 408 g/mol. The number of hydrogen-bond acceptors (Lipinski definition) is 3. The van der Waals surface area contributed by atoms with Gasteiger partial charge in [0.25, 0.3) is 0 Å². The van der Waals surface area contributed by atoms with Crippen LogP contribution < -0.4 is 10.1 Å². The van der Waals surface area contributed by atoms with Gasteiger partial charge in [-0.3, -0.25) is 9.59 Å². The van der Waals surface area contributed by atoms with E-state index in [2.05, 4.69) is 36.5 Å². The van der Waals surface area contributed by atoms with Gasteiger partial charge in [-0.05, 0) is 42.5 Å². The van der Waals surface area contributed by atoms with Gasteiger partial charge in [0.1, 0.15) is 5.75 Å². The van der Waals surface area contributed by atoms with Gasteiger partial charge in [0.2, 0.25) is 11.8 Å². The number of rotatable bonds is 8. The summed E-state index contributed by atoms with van der Waals surface area (Å²) in [6.07, 6.45) is 3.29. The molecule has 0 radical (unpaired) electrons. The van der Waals surface area contributed by atoms with Crippen molar-refractivity contribution >= 4 is 11.8 Å². The number of amides is 2. The Balaban J connectivity index is 1.77. The number of likely N-dealkylation sites (tertiary alicyclic amines) is 1. The molecule has 3 rings (SSSR count). The molecule has 2 aromatic carbocycles. The molecule has 2 amide bonds. The van der Waals surface area contributed by atoms with E-state index in [4.69, 9.17) is 4.74 Å². The Morgan fingerprint density at radius 2 is 1.80 bits per heavy atom. The predicted molar refractivity (Wildman–Crippen MR) is 118 cm³/mol. The number of nitrogens with one attached hydrogen (secondary N) is 1. The smallest absolute Gasteiger partial charge is 0.225 e. The number of ether oxygens (including phenoxy) is 1. The fraction of sp³-hybridized carbons (Fsp3) is 0.440. The minimum Gasteiger partial charge on any atom is -0.497 e. The van der Waals surface area contributed by atoms with Crippen molar-refractivity contribution in [1.82, 2.24) is 10.2 Å². The van der Waals surface area contributed by atoms with E-state index in [0.29, 0.717) is 5.92 Å². The van der Waals surface area contributed by atoms with Gasteiger partial charge in [0.05, 0.1) is 19.6 Å². The molecule has 30 heavy (non-hydrogen) atoms. The fourth-order valence-electron chi connectivity index (χ4n) is 4.58. The van der Waals surface area contributed by atoms with Crippen molar-refractivity contribution in [2.75, 3.05) is 13.7 Å². The molecule has 1 N–H and O–H groups in total. The molecule has 0 bridgehead atoms. The lowest BCUT2D eigenvalue weighted by Gasteiger charge is -2.33. The number of nitrogens with zero attached hydrogens (tertiary/aromatic N) is 1. The van der Waals surface area contributed by atoms with E-state index >= 15 is 0 Å². The van der Waals surface area contributed by atoms with Crippen LogP contribution in [0.2, 0.25) is 0 Å². The van der Waals surface area contributed by atoms with Gasteiger partial charge < -0.3 is 15.0 Å². The largest absolute Gasteiger partial charge is 0.497 e. The zero-order valence-corrected chi connectivity index (χ0v) is 18.1. The van der Waals surface area contributed by atoms with Gasteiger partial charge in [0, 0.05) is 25.4 Å². The first kappa shape index (κ1) is 21.9. The quantitative estimate of drug-likeness (QED) is 0.702. The second-order valence-corrected chi connectivity index (χ2v) is 7.95. The third-order valence-electron chi connectivity index (χ3n) is 6.03. The highest BCUT2D eigenvalue weighted by molar-refractivity contribution is 5.80. The number of benzene rings is 2. The molecule has 3 atom stereocenters. The lowest BCUT2D eigenvalue weighted by Crippen LogP contribution is -2.41. The maximum absolute atomic E-state index is 13.3. The predicted octanol–water partition coefficient (Wildman–Crippen LogP) is 4.45. The van der Waals surface area contributed by atoms with Gasteiger partial charge >= 0.3 is 0 Å². The van der Waals surface area contributed by atoms with E-state index in [1.807, 2.05) is 35.2 Å². The SMILES string of the molecule is CCC(c1ccccc1)C1CCCN1C(=O)CC(NC(C)=O)c1ccc(OC)cc1. The molecule has 1 aliphatic heterocycles. The Morgan fingerprint density at radius 3 is 2.40 bits per heavy atom. The zero-order valence-electron chi connectivity index (χ0n) is 18.1. The Bertz CT molecular complexity index is 835. The van der Waals surface area contributed by atoms with E-state index in [1.165, 1.54) is 12.5 Å². The summed E-state index contributed by atoms with van der Waals surface area (Å²) in [6, 6.07) is 17.9. The van der Waals surface area contributed by atoms with E-state index in [-0.39, 0.29) is 30.3 Å². The maximum atomic E-state index is 13.3. The number of methoxy groups -OCH3 is 1. The zero-order chi connectivity index (χ0) is 21.5. The van der Waals surface area contributed by atoms with Crippen LogP contribution in [0, 0.1) is 0 Å². The highest BCUT2D eigenvalue weighted by atomic mass is 16.5. The summed E-state index contributed by atoms with van der Waals surface area (Å²) in [5.74, 6) is 1.04. The highest BCUT2D eigenvalue weighted by Gasteiger charge is 2.35. The Labute approximate surface area is 179 Å². The Kier molecular flexibility index (Phi) is 7.50. The first-order chi connectivity index (χ1) is 14.5. The van der Waals surface area contributed by atoms with Crippen molar-refractivity contribution in [2.24, 2.45) is 0 Å². The molecule has 5 nitrogen and oxygen atoms in total. The molecule has 160 valence electrons. The van der Waals surface area contributed by atoms with E-state index in [9.17, 15) is 9.59 Å². The summed E-state index contributed by atoms with van der Waals surface area (Å²) < 4.78 is 5.22. The summed E-state index contributed by atoms with van der Waals surface area (Å²) in [5, 5.41) is 2.95. The van der Waals surface area contributed by atoms with Crippen LogP contribution in [0.1, 0.15) is 62.6 Å². The topological polar surface area (TPSA) is 58.6 Å². The standard InChI is InChI=1S/C25H32N2O3/c1-4-22(19-9-6-5-7-10-19)24-11-8-16-27(24)25(29)17-23(26-18(2)28)20-12-14-21(30-3)15-13-20/h5-7,9-10,12-15,22-24H,4,8,11,16-17H2,1-3H3,(H,26,28). The van der Waals surface area contributed by atoms with Crippen LogP contribution >= 0.6 is 0 Å². The van der Waals surface area contributed by atoms with Crippen molar-refractivity contribution < 1.29 is 14.3 Å². The first-order valence-electron chi connectivity index (χ1n) is 10.8. The third-order valence-corrected chi connectivity index (χ3v) is 6.03. The number of carbonyl (C=O) groups is 2. The highest BCUT2D eigenvalue weighted by Crippen LogP contribution is 2.34. The van der Waals surface area contributed by atoms with Crippen LogP contribution in [0.5, 0.6) is 5.75 Å². The molecular weight excluding hydrogens is 376 g/mol. The first-order valence-corrected chi connectivity index (χ1v) is 10.8. The molecule has 1 heterocycles. The normalized spacial score (nSPS) is 18.0. The molecule has 1 aliphatic rings. The van der Waals surface area contributed by atoms with Crippen molar-refractivity contribution in [3.63, 3.8) is 0 Å². The summed E-state index contributed by atoms with van der Waals surface area (Å²) >= 11 is 0. The van der Waals surface area contributed by atoms with Gasteiger partial charge in [-0.1, -0.05) is 49.4 Å². The van der Waals surface area contributed by atoms with Crippen LogP contribution in [0.25, 0.3) is 0 Å². The molecule has 0 aromatic heterocycles. The fourth-order valence-corrected chi connectivity index (χ4v) is 4.58. The van der Waals surface area contributed by atoms with Gasteiger partial charge in [-0.2, -0.15) is 0 Å². The van der Waals surface area contributed by atoms with Crippen LogP contribution in [0.3, 0.4) is 0 Å². The lowest BCUT2D eigenvalue weighted by atomic mass is 9.87. The summed E-state index contributed by atoms with van der Waals surface area (Å²) in [5.41, 5.74) is 2.20. The minimum absolute atomic E-state index is 0.0986. The molecule has 1 saturated heterocycles. The average Bonchev–Trinajstić information content (AvgIpc) is 3.24. The average molecular weight is 409 g/mol. The second-order valence-electron chi connectivity index (χ2n) is 7.95. The summed E-state index contributed by atoms with van der Waals surface area (Å²) in [4.78, 5) is 27.2. The molecule has 0 saturated carbocycles. The maximum Gasteiger partial charge on any atom is 0.225 e. The van der Waals surface area contributed by atoms with Crippen molar-refractivity contribution in [1.29, 1.82) is 0 Å². The Morgan fingerprint density at radius 1 is 1.10 bits per heavy atom. The molecule has 0 spiro atoms. The summed E-state index contributed by atoms with van der Waals surface area (Å²) in [7, 11) is 1.62. The van der Waals surface area contributed by atoms with Crippen molar-refractivity contribution in [3.05, 3.63) is 65.7 Å². The molecule has 1 fully saturated rings. The third kappa shape index (κ3) is 5.21. The lowest BCUT2D eigenvalue weighted by molar-refractivity contribution is -0.133. The Hall–Kier alpha value is -2.82. The van der Waals surface area contributed by atoms with Gasteiger partial charge in [-0.15, -0.1) is 0 Å². The summed E-state index contributed by atoms with van der Waals surface area (Å²) in [6.45, 7) is 4.46. The van der Waals surface area contributed by atoms with E-state index in [0.717, 1.165) is 37.1 Å². The van der Waals surface area contributed by atoms with E-state index in [1.54, 1.807) is 7.11 Å². The van der Waals surface area contributed by atoms with E-state index < -0.39 is 0 Å². The number of hydrogen-bond donors (Lipinski definition) is 1. The molecule has 0 aliphatic carbocycles. The molecule has 3 unspecified atom stereocenters. The van der Waals surface area contributed by atoms with Crippen molar-refractivity contribution in [3.8, 4) is 5.75 Å². The molecule has 5 heteroatoms. The van der Waals surface area contributed by atoms with Crippen LogP contribution in [-0.4, -0.2) is 36.4 Å². The molecule has 2 aromatic rings. The number of carbonyl (C=O) groups excluding carboxylic acids is 2. The van der Waals surface area contributed by atoms with Gasteiger partial charge in [0.15, 0.2) is 0 Å². The second kappa shape index (κ2) is 10.3. The molecular formula is C25H32N2O3.